The molecule has 2 heterocycles. The highest BCUT2D eigenvalue weighted by Gasteiger charge is 2.16. The van der Waals surface area contributed by atoms with Crippen molar-refractivity contribution in [3.05, 3.63) is 54.6 Å². The summed E-state index contributed by atoms with van der Waals surface area (Å²) in [6.45, 7) is 6.88. The molecule has 0 fully saturated rings. The van der Waals surface area contributed by atoms with Gasteiger partial charge in [0.2, 0.25) is 6.79 Å². The maximum atomic E-state index is 5.42. The first-order valence-electron chi connectivity index (χ1n) is 6.91. The van der Waals surface area contributed by atoms with Crippen LogP contribution in [-0.2, 0) is 11.4 Å². The van der Waals surface area contributed by atoms with Crippen LogP contribution in [0.4, 0.5) is 0 Å². The van der Waals surface area contributed by atoms with Crippen LogP contribution in [0.2, 0.25) is 0 Å². The zero-order valence-corrected chi connectivity index (χ0v) is 12.4. The standard InChI is InChI=1S/C16H17N3O3/c1-12(2)9-22-18-14(8-19-6-5-17-10-19)13-3-4-15-16(7-13)21-11-20-15/h3-7,10H,1,8-9,11H2,2H3/b18-14+. The second-order valence-electron chi connectivity index (χ2n) is 5.07. The van der Waals surface area contributed by atoms with Crippen molar-refractivity contribution in [1.29, 1.82) is 0 Å². The minimum Gasteiger partial charge on any atom is -0.454 e. The maximum absolute atomic E-state index is 5.42. The van der Waals surface area contributed by atoms with Gasteiger partial charge in [-0.2, -0.15) is 0 Å². The van der Waals surface area contributed by atoms with Gasteiger partial charge in [0.05, 0.1) is 12.9 Å². The summed E-state index contributed by atoms with van der Waals surface area (Å²) in [6, 6.07) is 5.72. The number of fused-ring (bicyclic) bond motifs is 1. The predicted octanol–water partition coefficient (Wildman–Crippen LogP) is 2.61. The van der Waals surface area contributed by atoms with E-state index in [1.807, 2.05) is 35.9 Å². The molecule has 0 atom stereocenters. The van der Waals surface area contributed by atoms with E-state index in [1.54, 1.807) is 12.5 Å². The number of nitrogens with zero attached hydrogens (tertiary/aromatic N) is 3. The second-order valence-corrected chi connectivity index (χ2v) is 5.07. The highest BCUT2D eigenvalue weighted by atomic mass is 16.7. The molecule has 0 bridgehead atoms. The summed E-state index contributed by atoms with van der Waals surface area (Å²) in [6.07, 6.45) is 5.34. The van der Waals surface area contributed by atoms with E-state index in [-0.39, 0.29) is 6.79 Å². The lowest BCUT2D eigenvalue weighted by molar-refractivity contribution is 0.167. The molecule has 0 amide bonds. The van der Waals surface area contributed by atoms with Gasteiger partial charge in [-0.15, -0.1) is 0 Å². The number of ether oxygens (including phenoxy) is 2. The third kappa shape index (κ3) is 3.28. The molecule has 114 valence electrons. The summed E-state index contributed by atoms with van der Waals surface area (Å²) >= 11 is 0. The van der Waals surface area contributed by atoms with Crippen molar-refractivity contribution in [1.82, 2.24) is 9.55 Å². The molecule has 0 unspecified atom stereocenters. The molecule has 6 nitrogen and oxygen atoms in total. The predicted molar refractivity (Wildman–Crippen MR) is 82.1 cm³/mol. The number of oxime groups is 1. The Hall–Kier alpha value is -2.76. The van der Waals surface area contributed by atoms with Crippen LogP contribution >= 0.6 is 0 Å². The van der Waals surface area contributed by atoms with Crippen LogP contribution in [0.3, 0.4) is 0 Å². The molecule has 2 aromatic rings. The molecular weight excluding hydrogens is 282 g/mol. The van der Waals surface area contributed by atoms with E-state index >= 15 is 0 Å². The number of aromatic nitrogens is 2. The van der Waals surface area contributed by atoms with Crippen LogP contribution in [0.25, 0.3) is 0 Å². The average molecular weight is 299 g/mol. The van der Waals surface area contributed by atoms with E-state index in [4.69, 9.17) is 14.3 Å². The molecular formula is C16H17N3O3. The molecule has 1 aliphatic rings. The molecule has 0 aliphatic carbocycles. The van der Waals surface area contributed by atoms with Gasteiger partial charge in [0, 0.05) is 18.0 Å². The van der Waals surface area contributed by atoms with Gasteiger partial charge in [-0.25, -0.2) is 4.98 Å². The molecule has 1 aliphatic heterocycles. The number of benzene rings is 1. The fourth-order valence-corrected chi connectivity index (χ4v) is 2.02. The molecule has 0 N–H and O–H groups in total. The zero-order chi connectivity index (χ0) is 15.4. The largest absolute Gasteiger partial charge is 0.454 e. The van der Waals surface area contributed by atoms with Crippen LogP contribution in [0, 0.1) is 0 Å². The first-order valence-corrected chi connectivity index (χ1v) is 6.91. The SMILES string of the molecule is C=C(C)CO/N=C(\Cn1ccnc1)c1ccc2c(c1)OCO2. The normalized spacial score (nSPS) is 13.2. The summed E-state index contributed by atoms with van der Waals surface area (Å²) in [7, 11) is 0. The van der Waals surface area contributed by atoms with E-state index in [0.717, 1.165) is 28.3 Å². The third-order valence-electron chi connectivity index (χ3n) is 3.08. The first kappa shape index (κ1) is 14.2. The lowest BCUT2D eigenvalue weighted by atomic mass is 10.1. The summed E-state index contributed by atoms with van der Waals surface area (Å²) in [5, 5.41) is 4.25. The quantitative estimate of drug-likeness (QED) is 0.467. The molecule has 3 rings (SSSR count). The van der Waals surface area contributed by atoms with Crippen LogP contribution in [-0.4, -0.2) is 28.7 Å². The molecule has 6 heteroatoms. The molecule has 0 saturated carbocycles. The van der Waals surface area contributed by atoms with Crippen molar-refractivity contribution in [2.24, 2.45) is 5.16 Å². The van der Waals surface area contributed by atoms with E-state index in [2.05, 4.69) is 16.7 Å². The zero-order valence-electron chi connectivity index (χ0n) is 12.4. The van der Waals surface area contributed by atoms with Gasteiger partial charge in [0.1, 0.15) is 12.3 Å². The van der Waals surface area contributed by atoms with Gasteiger partial charge >= 0.3 is 0 Å². The lowest BCUT2D eigenvalue weighted by Gasteiger charge is -2.09. The Labute approximate surface area is 128 Å². The summed E-state index contributed by atoms with van der Waals surface area (Å²) in [5.41, 5.74) is 2.61. The average Bonchev–Trinajstić information content (AvgIpc) is 3.16. The van der Waals surface area contributed by atoms with Gasteiger partial charge in [-0.05, 0) is 30.7 Å². The van der Waals surface area contributed by atoms with Crippen LogP contribution in [0.1, 0.15) is 12.5 Å². The topological polar surface area (TPSA) is 57.9 Å². The van der Waals surface area contributed by atoms with Crippen LogP contribution in [0.15, 0.2) is 54.2 Å². The number of imidazole rings is 1. The molecule has 22 heavy (non-hydrogen) atoms. The van der Waals surface area contributed by atoms with Crippen molar-refractivity contribution in [3.63, 3.8) is 0 Å². The Bertz CT molecular complexity index is 693. The summed E-state index contributed by atoms with van der Waals surface area (Å²) in [5.74, 6) is 1.46. The highest BCUT2D eigenvalue weighted by Crippen LogP contribution is 2.32. The van der Waals surface area contributed by atoms with Gasteiger partial charge in [0.25, 0.3) is 0 Å². The number of hydrogen-bond acceptors (Lipinski definition) is 5. The van der Waals surface area contributed by atoms with Crippen molar-refractivity contribution in [2.75, 3.05) is 13.4 Å². The molecule has 1 aromatic heterocycles. The van der Waals surface area contributed by atoms with Gasteiger partial charge in [-0.3, -0.25) is 0 Å². The number of rotatable bonds is 6. The smallest absolute Gasteiger partial charge is 0.231 e. The van der Waals surface area contributed by atoms with E-state index in [9.17, 15) is 0 Å². The van der Waals surface area contributed by atoms with Crippen molar-refractivity contribution >= 4 is 5.71 Å². The fourth-order valence-electron chi connectivity index (χ4n) is 2.02. The Morgan fingerprint density at radius 1 is 1.41 bits per heavy atom. The molecule has 0 spiro atoms. The Morgan fingerprint density at radius 3 is 3.05 bits per heavy atom. The summed E-state index contributed by atoms with van der Waals surface area (Å²) in [4.78, 5) is 9.41. The van der Waals surface area contributed by atoms with Gasteiger partial charge in [0.15, 0.2) is 11.5 Å². The summed E-state index contributed by atoms with van der Waals surface area (Å²) < 4.78 is 12.7. The van der Waals surface area contributed by atoms with E-state index in [1.165, 1.54) is 0 Å². The second kappa shape index (κ2) is 6.34. The first-order chi connectivity index (χ1) is 10.7. The highest BCUT2D eigenvalue weighted by molar-refractivity contribution is 6.00. The molecule has 1 aromatic carbocycles. The number of hydrogen-bond donors (Lipinski definition) is 0. The van der Waals surface area contributed by atoms with E-state index in [0.29, 0.717) is 13.2 Å². The Morgan fingerprint density at radius 2 is 2.27 bits per heavy atom. The monoisotopic (exact) mass is 299 g/mol. The molecule has 0 saturated heterocycles. The lowest BCUT2D eigenvalue weighted by Crippen LogP contribution is -2.11. The Kier molecular flexibility index (Phi) is 4.09. The fraction of sp³-hybridized carbons (Fsp3) is 0.250. The van der Waals surface area contributed by atoms with Crippen molar-refractivity contribution in [2.45, 2.75) is 13.5 Å². The van der Waals surface area contributed by atoms with Gasteiger partial charge in [-0.1, -0.05) is 11.7 Å². The van der Waals surface area contributed by atoms with Crippen LogP contribution in [0.5, 0.6) is 11.5 Å². The third-order valence-corrected chi connectivity index (χ3v) is 3.08. The minimum absolute atomic E-state index is 0.249. The van der Waals surface area contributed by atoms with Crippen molar-refractivity contribution in [3.8, 4) is 11.5 Å². The van der Waals surface area contributed by atoms with Crippen molar-refractivity contribution < 1.29 is 14.3 Å². The van der Waals surface area contributed by atoms with E-state index < -0.39 is 0 Å². The molecule has 0 radical (unpaired) electrons. The van der Waals surface area contributed by atoms with Gasteiger partial charge < -0.3 is 18.9 Å². The van der Waals surface area contributed by atoms with Crippen LogP contribution < -0.4 is 9.47 Å². The Balaban J connectivity index is 1.85. The minimum atomic E-state index is 0.249. The maximum Gasteiger partial charge on any atom is 0.231 e.